The number of nitriles is 1. The van der Waals surface area contributed by atoms with Crippen LogP contribution in [0, 0.1) is 11.3 Å². The summed E-state index contributed by atoms with van der Waals surface area (Å²) >= 11 is 0. The van der Waals surface area contributed by atoms with Gasteiger partial charge in [-0.3, -0.25) is 14.6 Å². The third-order valence-electron chi connectivity index (χ3n) is 4.65. The lowest BCUT2D eigenvalue weighted by Gasteiger charge is -2.12. The molecular weight excluding hydrogens is 378 g/mol. The van der Waals surface area contributed by atoms with Crippen molar-refractivity contribution < 1.29 is 4.79 Å². The van der Waals surface area contributed by atoms with Crippen molar-refractivity contribution in [3.8, 4) is 6.07 Å². The van der Waals surface area contributed by atoms with Gasteiger partial charge in [-0.25, -0.2) is 4.68 Å². The molecule has 0 aliphatic rings. The summed E-state index contributed by atoms with van der Waals surface area (Å²) in [5, 5.41) is 17.6. The lowest BCUT2D eigenvalue weighted by atomic mass is 10.1. The van der Waals surface area contributed by atoms with E-state index in [1.165, 1.54) is 10.7 Å². The van der Waals surface area contributed by atoms with Gasteiger partial charge in [-0.1, -0.05) is 30.3 Å². The molecule has 0 spiro atoms. The van der Waals surface area contributed by atoms with Crippen LogP contribution in [0.15, 0.2) is 77.7 Å². The Morgan fingerprint density at radius 2 is 1.83 bits per heavy atom. The molecule has 0 radical (unpaired) electrons. The minimum atomic E-state index is -0.319. The van der Waals surface area contributed by atoms with Crippen molar-refractivity contribution in [3.63, 3.8) is 0 Å². The number of amides is 1. The van der Waals surface area contributed by atoms with Crippen LogP contribution in [0.4, 0.5) is 0 Å². The minimum Gasteiger partial charge on any atom is -0.346 e. The number of carbonyl (C=O) groups excluding carboxylic acids is 1. The Morgan fingerprint density at radius 3 is 2.60 bits per heavy atom. The zero-order valence-corrected chi connectivity index (χ0v) is 15.9. The van der Waals surface area contributed by atoms with Gasteiger partial charge in [0.25, 0.3) is 11.5 Å². The van der Waals surface area contributed by atoms with Crippen LogP contribution in [0.1, 0.15) is 27.3 Å². The molecule has 0 fully saturated rings. The molecule has 146 valence electrons. The van der Waals surface area contributed by atoms with Crippen molar-refractivity contribution in [1.29, 1.82) is 5.26 Å². The van der Waals surface area contributed by atoms with Crippen molar-refractivity contribution in [3.05, 3.63) is 106 Å². The molecule has 2 heterocycles. The van der Waals surface area contributed by atoms with Gasteiger partial charge in [0.05, 0.1) is 41.5 Å². The number of rotatable bonds is 5. The van der Waals surface area contributed by atoms with E-state index in [9.17, 15) is 9.59 Å². The molecule has 4 rings (SSSR count). The molecule has 0 atom stereocenters. The summed E-state index contributed by atoms with van der Waals surface area (Å²) < 4.78 is 1.36. The van der Waals surface area contributed by atoms with Crippen LogP contribution in [0.3, 0.4) is 0 Å². The van der Waals surface area contributed by atoms with Gasteiger partial charge in [0.1, 0.15) is 0 Å². The molecule has 7 nitrogen and oxygen atoms in total. The smallest absolute Gasteiger partial charge is 0.275 e. The Balaban J connectivity index is 1.66. The van der Waals surface area contributed by atoms with Gasteiger partial charge in [-0.05, 0) is 36.4 Å². The van der Waals surface area contributed by atoms with Gasteiger partial charge >= 0.3 is 0 Å². The molecule has 2 aromatic heterocycles. The Hall–Kier alpha value is -4.31. The molecule has 0 bridgehead atoms. The highest BCUT2D eigenvalue weighted by Gasteiger charge is 2.13. The lowest BCUT2D eigenvalue weighted by molar-refractivity contribution is 0.0950. The molecule has 1 N–H and O–H groups in total. The highest BCUT2D eigenvalue weighted by atomic mass is 16.1. The van der Waals surface area contributed by atoms with E-state index < -0.39 is 0 Å². The van der Waals surface area contributed by atoms with E-state index in [1.54, 1.807) is 36.5 Å². The monoisotopic (exact) mass is 395 g/mol. The second kappa shape index (κ2) is 8.37. The molecular formula is C23H17N5O2. The average Bonchev–Trinajstić information content (AvgIpc) is 2.80. The molecule has 7 heteroatoms. The normalized spacial score (nSPS) is 10.5. The number of nitrogens with zero attached hydrogens (tertiary/aromatic N) is 4. The van der Waals surface area contributed by atoms with E-state index in [-0.39, 0.29) is 24.6 Å². The number of hydrogen-bond donors (Lipinski definition) is 1. The second-order valence-corrected chi connectivity index (χ2v) is 6.65. The first kappa shape index (κ1) is 19.0. The van der Waals surface area contributed by atoms with Crippen LogP contribution >= 0.6 is 0 Å². The molecule has 2 aromatic carbocycles. The topological polar surface area (TPSA) is 101 Å². The van der Waals surface area contributed by atoms with E-state index in [0.29, 0.717) is 33.3 Å². The standard InChI is InChI=1S/C23H17N5O2/c24-13-16-6-5-7-17(12-16)22(29)26-14-21-19-9-1-2-10-20(19)23(30)28(27-21)15-18-8-3-4-11-25-18/h1-12H,14-15H2,(H,26,29). The Kier molecular flexibility index (Phi) is 5.31. The lowest BCUT2D eigenvalue weighted by Crippen LogP contribution is -2.29. The van der Waals surface area contributed by atoms with Gasteiger partial charge < -0.3 is 5.32 Å². The number of pyridine rings is 1. The van der Waals surface area contributed by atoms with Crippen molar-refractivity contribution in [1.82, 2.24) is 20.1 Å². The molecule has 0 unspecified atom stereocenters. The van der Waals surface area contributed by atoms with Gasteiger partial charge in [0.15, 0.2) is 0 Å². The van der Waals surface area contributed by atoms with Crippen LogP contribution in [-0.4, -0.2) is 20.7 Å². The van der Waals surface area contributed by atoms with Crippen LogP contribution in [0.5, 0.6) is 0 Å². The van der Waals surface area contributed by atoms with Crippen molar-refractivity contribution >= 4 is 16.7 Å². The first-order valence-electron chi connectivity index (χ1n) is 9.33. The van der Waals surface area contributed by atoms with Crippen LogP contribution in [-0.2, 0) is 13.1 Å². The summed E-state index contributed by atoms with van der Waals surface area (Å²) in [6.45, 7) is 0.369. The molecule has 0 aliphatic carbocycles. The molecule has 0 saturated heterocycles. The SMILES string of the molecule is N#Cc1cccc(C(=O)NCc2nn(Cc3ccccn3)c(=O)c3ccccc23)c1. The fourth-order valence-corrected chi connectivity index (χ4v) is 3.18. The number of benzene rings is 2. The first-order valence-corrected chi connectivity index (χ1v) is 9.33. The number of aromatic nitrogens is 3. The van der Waals surface area contributed by atoms with Crippen LogP contribution in [0.2, 0.25) is 0 Å². The Labute approximate surface area is 172 Å². The fraction of sp³-hybridized carbons (Fsp3) is 0.0870. The largest absolute Gasteiger partial charge is 0.346 e. The highest BCUT2D eigenvalue weighted by molar-refractivity contribution is 5.94. The zero-order valence-electron chi connectivity index (χ0n) is 15.9. The summed E-state index contributed by atoms with van der Waals surface area (Å²) in [7, 11) is 0. The summed E-state index contributed by atoms with van der Waals surface area (Å²) in [6, 6.07) is 21.2. The maximum atomic E-state index is 12.9. The molecule has 0 aliphatic heterocycles. The van der Waals surface area contributed by atoms with Gasteiger partial charge in [-0.2, -0.15) is 10.4 Å². The van der Waals surface area contributed by atoms with Crippen LogP contribution in [0.25, 0.3) is 10.8 Å². The predicted octanol–water partition coefficient (Wildman–Crippen LogP) is 2.64. The summed E-state index contributed by atoms with van der Waals surface area (Å²) in [5.41, 5.74) is 1.87. The second-order valence-electron chi connectivity index (χ2n) is 6.65. The molecule has 1 amide bonds. The highest BCUT2D eigenvalue weighted by Crippen LogP contribution is 2.14. The Morgan fingerprint density at radius 1 is 1.03 bits per heavy atom. The molecule has 4 aromatic rings. The maximum absolute atomic E-state index is 12.9. The zero-order chi connectivity index (χ0) is 20.9. The van der Waals surface area contributed by atoms with Crippen LogP contribution < -0.4 is 10.9 Å². The van der Waals surface area contributed by atoms with E-state index in [2.05, 4.69) is 15.4 Å². The third-order valence-corrected chi connectivity index (χ3v) is 4.65. The first-order chi connectivity index (χ1) is 14.7. The quantitative estimate of drug-likeness (QED) is 0.560. The van der Waals surface area contributed by atoms with E-state index in [0.717, 1.165) is 0 Å². The molecule has 0 saturated carbocycles. The van der Waals surface area contributed by atoms with E-state index in [1.807, 2.05) is 36.4 Å². The Bertz CT molecular complexity index is 1320. The summed E-state index contributed by atoms with van der Waals surface area (Å²) in [4.78, 5) is 29.7. The number of hydrogen-bond acceptors (Lipinski definition) is 5. The summed E-state index contributed by atoms with van der Waals surface area (Å²) in [6.07, 6.45) is 1.66. The molecule has 30 heavy (non-hydrogen) atoms. The maximum Gasteiger partial charge on any atom is 0.275 e. The number of fused-ring (bicyclic) bond motifs is 1. The summed E-state index contributed by atoms with van der Waals surface area (Å²) in [5.74, 6) is -0.319. The van der Waals surface area contributed by atoms with Crippen molar-refractivity contribution in [2.45, 2.75) is 13.1 Å². The number of nitrogens with one attached hydrogen (secondary N) is 1. The predicted molar refractivity (Wildman–Crippen MR) is 112 cm³/mol. The minimum absolute atomic E-state index is 0.138. The van der Waals surface area contributed by atoms with Gasteiger partial charge in [0.2, 0.25) is 0 Å². The number of carbonyl (C=O) groups is 1. The third kappa shape index (κ3) is 3.93. The van der Waals surface area contributed by atoms with Crippen molar-refractivity contribution in [2.75, 3.05) is 0 Å². The van der Waals surface area contributed by atoms with E-state index in [4.69, 9.17) is 5.26 Å². The van der Waals surface area contributed by atoms with Crippen molar-refractivity contribution in [2.24, 2.45) is 0 Å². The average molecular weight is 395 g/mol. The van der Waals surface area contributed by atoms with Gasteiger partial charge in [-0.15, -0.1) is 0 Å². The fourth-order valence-electron chi connectivity index (χ4n) is 3.18. The van der Waals surface area contributed by atoms with Gasteiger partial charge in [0, 0.05) is 17.1 Å². The van der Waals surface area contributed by atoms with E-state index >= 15 is 0 Å².